The summed E-state index contributed by atoms with van der Waals surface area (Å²) in [5.74, 6) is -1.81. The van der Waals surface area contributed by atoms with Crippen LogP contribution in [0.3, 0.4) is 0 Å². The van der Waals surface area contributed by atoms with Crippen LogP contribution >= 0.6 is 11.6 Å². The van der Waals surface area contributed by atoms with Crippen molar-refractivity contribution in [2.24, 2.45) is 4.99 Å². The normalized spacial score (nSPS) is 11.1. The number of carbonyl (C=O) groups is 1. The Bertz CT molecular complexity index is 1200. The quantitative estimate of drug-likeness (QED) is 0.194. The molecule has 0 aromatic heterocycles. The summed E-state index contributed by atoms with van der Waals surface area (Å²) >= 11 is 6.19. The zero-order valence-electron chi connectivity index (χ0n) is 17.1. The average Bonchev–Trinajstić information content (AvgIpc) is 2.76. The minimum atomic E-state index is -0.943. The average molecular weight is 476 g/mol. The van der Waals surface area contributed by atoms with Crippen LogP contribution in [-0.2, 0) is 4.74 Å². The number of anilines is 1. The van der Waals surface area contributed by atoms with Crippen molar-refractivity contribution in [2.45, 2.75) is 6.92 Å². The first-order chi connectivity index (χ1) is 15.8. The lowest BCUT2D eigenvalue weighted by Gasteiger charge is -2.11. The fourth-order valence-electron chi connectivity index (χ4n) is 2.67. The second kappa shape index (κ2) is 10.5. The molecular weight excluding hydrogens is 460 g/mol. The molecule has 1 N–H and O–H groups in total. The van der Waals surface area contributed by atoms with Gasteiger partial charge < -0.3 is 14.8 Å². The van der Waals surface area contributed by atoms with E-state index in [0.29, 0.717) is 5.75 Å². The molecule has 0 saturated carbocycles. The van der Waals surface area contributed by atoms with Crippen LogP contribution in [0.5, 0.6) is 11.5 Å². The number of halogens is 3. The van der Waals surface area contributed by atoms with Gasteiger partial charge in [0.15, 0.2) is 0 Å². The molecule has 0 fully saturated rings. The maximum absolute atomic E-state index is 14.0. The molecule has 0 aliphatic carbocycles. The van der Waals surface area contributed by atoms with E-state index in [0.717, 1.165) is 12.1 Å². The number of urea groups is 1. The summed E-state index contributed by atoms with van der Waals surface area (Å²) in [6.45, 7) is 1.61. The summed E-state index contributed by atoms with van der Waals surface area (Å²) in [5, 5.41) is 13.3. The summed E-state index contributed by atoms with van der Waals surface area (Å²) in [4.78, 5) is 26.1. The number of non-ortho nitro benzene ring substituents is 1. The Kier molecular flexibility index (Phi) is 7.52. The molecule has 8 nitrogen and oxygen atoms in total. The largest absolute Gasteiger partial charge is 0.477 e. The van der Waals surface area contributed by atoms with E-state index in [-0.39, 0.29) is 28.8 Å². The summed E-state index contributed by atoms with van der Waals surface area (Å²) in [5.41, 5.74) is -0.414. The fraction of sp³-hybridized carbons (Fsp3) is 0.0909. The van der Waals surface area contributed by atoms with E-state index < -0.39 is 34.1 Å². The zero-order chi connectivity index (χ0) is 24.0. The molecule has 3 aromatic carbocycles. The maximum Gasteiger partial charge on any atom is 0.348 e. The number of rotatable bonds is 6. The number of carbonyl (C=O) groups excluding carboxylic acids is 1. The molecule has 11 heteroatoms. The number of nitrogens with zero attached hydrogens (tertiary/aromatic N) is 2. The SMILES string of the molecule is CCO/C(=N\C(=O)Nc1ccc(Oc2ccc([N+](=O)[O-])cc2)c(Cl)c1)c1c(F)cccc1F. The number of nitrogens with one attached hydrogen (secondary N) is 1. The minimum Gasteiger partial charge on any atom is -0.477 e. The molecule has 0 spiro atoms. The third-order valence-corrected chi connectivity index (χ3v) is 4.41. The zero-order valence-corrected chi connectivity index (χ0v) is 17.8. The highest BCUT2D eigenvalue weighted by Gasteiger charge is 2.18. The minimum absolute atomic E-state index is 0.0282. The first-order valence-electron chi connectivity index (χ1n) is 9.47. The van der Waals surface area contributed by atoms with Gasteiger partial charge in [-0.3, -0.25) is 10.1 Å². The van der Waals surface area contributed by atoms with Gasteiger partial charge in [-0.15, -0.1) is 0 Å². The van der Waals surface area contributed by atoms with E-state index in [2.05, 4.69) is 10.3 Å². The Labute approximate surface area is 191 Å². The van der Waals surface area contributed by atoms with E-state index in [9.17, 15) is 23.7 Å². The standard InChI is InChI=1S/C22H16ClF2N3O5/c1-2-32-21(20-17(24)4-3-5-18(20)25)27-22(29)26-13-6-11-19(16(23)12-13)33-15-9-7-14(8-10-15)28(30)31/h3-12H,2H2,1H3,(H,26,29)/b27-21-. The van der Waals surface area contributed by atoms with Crippen molar-refractivity contribution in [2.75, 3.05) is 11.9 Å². The molecule has 3 aromatic rings. The molecular formula is C22H16ClF2N3O5. The molecule has 0 aliphatic heterocycles. The Morgan fingerprint density at radius 3 is 2.36 bits per heavy atom. The van der Waals surface area contributed by atoms with Crippen molar-refractivity contribution in [1.29, 1.82) is 0 Å². The van der Waals surface area contributed by atoms with Crippen molar-refractivity contribution >= 4 is 34.9 Å². The highest BCUT2D eigenvalue weighted by molar-refractivity contribution is 6.32. The van der Waals surface area contributed by atoms with Crippen LogP contribution in [0.2, 0.25) is 5.02 Å². The van der Waals surface area contributed by atoms with E-state index in [1.54, 1.807) is 6.92 Å². The number of hydrogen-bond acceptors (Lipinski definition) is 5. The van der Waals surface area contributed by atoms with Crippen molar-refractivity contribution in [1.82, 2.24) is 0 Å². The third-order valence-electron chi connectivity index (χ3n) is 4.12. The Hall–Kier alpha value is -4.05. The van der Waals surface area contributed by atoms with Crippen LogP contribution in [0, 0.1) is 21.7 Å². The van der Waals surface area contributed by atoms with E-state index >= 15 is 0 Å². The Balaban J connectivity index is 1.75. The third kappa shape index (κ3) is 6.01. The predicted molar refractivity (Wildman–Crippen MR) is 118 cm³/mol. The molecule has 0 aliphatic rings. The smallest absolute Gasteiger partial charge is 0.348 e. The number of ether oxygens (including phenoxy) is 2. The van der Waals surface area contributed by atoms with Crippen molar-refractivity contribution in [3.63, 3.8) is 0 Å². The fourth-order valence-corrected chi connectivity index (χ4v) is 2.89. The second-order valence-corrected chi connectivity index (χ2v) is 6.78. The molecule has 170 valence electrons. The lowest BCUT2D eigenvalue weighted by atomic mass is 10.2. The number of nitro benzene ring substituents is 1. The predicted octanol–water partition coefficient (Wildman–Crippen LogP) is 6.33. The molecule has 0 saturated heterocycles. The van der Waals surface area contributed by atoms with Crippen LogP contribution < -0.4 is 10.1 Å². The van der Waals surface area contributed by atoms with Gasteiger partial charge >= 0.3 is 6.03 Å². The van der Waals surface area contributed by atoms with Crippen LogP contribution in [-0.4, -0.2) is 23.5 Å². The second-order valence-electron chi connectivity index (χ2n) is 6.38. The van der Waals surface area contributed by atoms with Crippen molar-refractivity contribution in [3.05, 3.63) is 93.0 Å². The van der Waals surface area contributed by atoms with Crippen molar-refractivity contribution < 1.29 is 28.0 Å². The van der Waals surface area contributed by atoms with Crippen LogP contribution in [0.15, 0.2) is 65.7 Å². The molecule has 0 radical (unpaired) electrons. The molecule has 0 bridgehead atoms. The van der Waals surface area contributed by atoms with Crippen molar-refractivity contribution in [3.8, 4) is 11.5 Å². The first-order valence-corrected chi connectivity index (χ1v) is 9.85. The van der Waals surface area contributed by atoms with Gasteiger partial charge in [0, 0.05) is 17.8 Å². The highest BCUT2D eigenvalue weighted by atomic mass is 35.5. The lowest BCUT2D eigenvalue weighted by molar-refractivity contribution is -0.384. The summed E-state index contributed by atoms with van der Waals surface area (Å²) in [6.07, 6.45) is 0. The van der Waals surface area contributed by atoms with Gasteiger partial charge in [0.2, 0.25) is 5.90 Å². The van der Waals surface area contributed by atoms with Crippen LogP contribution in [0.4, 0.5) is 25.0 Å². The van der Waals surface area contributed by atoms with Gasteiger partial charge in [-0.1, -0.05) is 17.7 Å². The van der Waals surface area contributed by atoms with E-state index in [4.69, 9.17) is 21.1 Å². The molecule has 33 heavy (non-hydrogen) atoms. The molecule has 3 rings (SSSR count). The molecule has 0 atom stereocenters. The Morgan fingerprint density at radius 2 is 1.79 bits per heavy atom. The van der Waals surface area contributed by atoms with Gasteiger partial charge in [-0.25, -0.2) is 13.6 Å². The number of nitro groups is 1. The van der Waals surface area contributed by atoms with E-state index in [1.807, 2.05) is 0 Å². The maximum atomic E-state index is 14.0. The van der Waals surface area contributed by atoms with Crippen LogP contribution in [0.1, 0.15) is 12.5 Å². The van der Waals surface area contributed by atoms with Gasteiger partial charge in [-0.2, -0.15) is 4.99 Å². The summed E-state index contributed by atoms with van der Waals surface area (Å²) in [6, 6.07) is 12.0. The molecule has 2 amide bonds. The van der Waals surface area contributed by atoms with Crippen LogP contribution in [0.25, 0.3) is 0 Å². The monoisotopic (exact) mass is 475 g/mol. The number of amides is 2. The summed E-state index contributed by atoms with van der Waals surface area (Å²) in [7, 11) is 0. The molecule has 0 unspecified atom stereocenters. The summed E-state index contributed by atoms with van der Waals surface area (Å²) < 4.78 is 38.8. The van der Waals surface area contributed by atoms with Gasteiger partial charge in [0.05, 0.1) is 16.6 Å². The Morgan fingerprint density at radius 1 is 1.12 bits per heavy atom. The van der Waals surface area contributed by atoms with Gasteiger partial charge in [0.25, 0.3) is 5.69 Å². The molecule has 0 heterocycles. The lowest BCUT2D eigenvalue weighted by Crippen LogP contribution is -2.16. The van der Waals surface area contributed by atoms with Gasteiger partial charge in [-0.05, 0) is 49.4 Å². The first kappa shape index (κ1) is 23.6. The van der Waals surface area contributed by atoms with E-state index in [1.165, 1.54) is 48.5 Å². The number of aliphatic imine (C=N–C) groups is 1. The number of hydrogen-bond donors (Lipinski definition) is 1. The highest BCUT2D eigenvalue weighted by Crippen LogP contribution is 2.32. The van der Waals surface area contributed by atoms with Gasteiger partial charge in [0.1, 0.15) is 28.7 Å². The number of benzene rings is 3. The topological polar surface area (TPSA) is 103 Å².